The zero-order chi connectivity index (χ0) is 15.8. The van der Waals surface area contributed by atoms with Crippen LogP contribution in [0.3, 0.4) is 0 Å². The molecular formula is C13H25NO5S. The van der Waals surface area contributed by atoms with Crippen LogP contribution < -0.4 is 5.32 Å². The first-order valence-electron chi connectivity index (χ1n) is 6.76. The lowest BCUT2D eigenvalue weighted by Crippen LogP contribution is -2.69. The van der Waals surface area contributed by atoms with E-state index >= 15 is 0 Å². The fourth-order valence-corrected chi connectivity index (χ4v) is 2.81. The number of hydrogen-bond donors (Lipinski definition) is 2. The van der Waals surface area contributed by atoms with Gasteiger partial charge in [0.25, 0.3) is 0 Å². The Morgan fingerprint density at radius 3 is 2.45 bits per heavy atom. The van der Waals surface area contributed by atoms with Crippen LogP contribution in [0.4, 0.5) is 0 Å². The summed E-state index contributed by atoms with van der Waals surface area (Å²) in [5.74, 6) is -0.586. The van der Waals surface area contributed by atoms with Crippen molar-refractivity contribution in [2.75, 3.05) is 19.4 Å². The lowest BCUT2D eigenvalue weighted by Gasteiger charge is -2.58. The molecule has 1 aliphatic rings. The molecule has 118 valence electrons. The normalized spacial score (nSPS) is 30.4. The topological polar surface area (TPSA) is 92.7 Å². The number of aliphatic hydroxyl groups is 1. The highest BCUT2D eigenvalue weighted by Gasteiger charge is 2.60. The van der Waals surface area contributed by atoms with Crippen LogP contribution in [0.2, 0.25) is 0 Å². The summed E-state index contributed by atoms with van der Waals surface area (Å²) in [5.41, 5.74) is -1.55. The molecule has 0 aromatic heterocycles. The Morgan fingerprint density at radius 2 is 2.05 bits per heavy atom. The van der Waals surface area contributed by atoms with E-state index in [0.29, 0.717) is 13.0 Å². The van der Waals surface area contributed by atoms with Gasteiger partial charge in [-0.3, -0.25) is 4.79 Å². The Labute approximate surface area is 120 Å². The first-order valence-corrected chi connectivity index (χ1v) is 8.71. The molecule has 1 amide bonds. The van der Waals surface area contributed by atoms with E-state index in [2.05, 4.69) is 5.32 Å². The van der Waals surface area contributed by atoms with E-state index in [-0.39, 0.29) is 12.6 Å². The van der Waals surface area contributed by atoms with Crippen molar-refractivity contribution >= 4 is 15.7 Å². The van der Waals surface area contributed by atoms with Crippen molar-refractivity contribution < 1.29 is 23.1 Å². The van der Waals surface area contributed by atoms with E-state index in [1.165, 1.54) is 6.92 Å². The zero-order valence-electron chi connectivity index (χ0n) is 12.8. The summed E-state index contributed by atoms with van der Waals surface area (Å²) >= 11 is 0. The molecule has 2 N–H and O–H groups in total. The maximum Gasteiger partial charge on any atom is 0.238 e. The SMILES string of the molecule is CCO[C@@H]1C[C@@](O)(CNC(=O)[C@@H](C)S(C)(=O)=O)C1(C)C. The van der Waals surface area contributed by atoms with E-state index in [1.54, 1.807) is 0 Å². The van der Waals surface area contributed by atoms with Crippen molar-refractivity contribution in [1.29, 1.82) is 0 Å². The number of amides is 1. The van der Waals surface area contributed by atoms with Crippen LogP contribution in [0, 0.1) is 5.41 Å². The smallest absolute Gasteiger partial charge is 0.238 e. The van der Waals surface area contributed by atoms with Crippen molar-refractivity contribution in [3.8, 4) is 0 Å². The summed E-state index contributed by atoms with van der Waals surface area (Å²) < 4.78 is 28.1. The first-order chi connectivity index (χ1) is 8.95. The number of ether oxygens (including phenoxy) is 1. The molecule has 6 nitrogen and oxygen atoms in total. The summed E-state index contributed by atoms with van der Waals surface area (Å²) in [5, 5.41) is 11.9. The molecule has 0 aromatic carbocycles. The maximum absolute atomic E-state index is 11.8. The van der Waals surface area contributed by atoms with Crippen LogP contribution in [-0.4, -0.2) is 55.8 Å². The summed E-state index contributed by atoms with van der Waals surface area (Å²) in [6.07, 6.45) is 1.40. The van der Waals surface area contributed by atoms with Crippen LogP contribution in [0.1, 0.15) is 34.1 Å². The van der Waals surface area contributed by atoms with Crippen molar-refractivity contribution in [1.82, 2.24) is 5.32 Å². The summed E-state index contributed by atoms with van der Waals surface area (Å²) in [6, 6.07) is 0. The minimum absolute atomic E-state index is 0.0300. The van der Waals surface area contributed by atoms with Crippen LogP contribution in [0.15, 0.2) is 0 Å². The predicted octanol–water partition coefficient (Wildman–Crippen LogP) is 0.102. The molecule has 0 aliphatic heterocycles. The average molecular weight is 307 g/mol. The fourth-order valence-electron chi connectivity index (χ4n) is 2.33. The van der Waals surface area contributed by atoms with Gasteiger partial charge in [-0.15, -0.1) is 0 Å². The molecule has 0 spiro atoms. The highest BCUT2D eigenvalue weighted by atomic mass is 32.2. The molecule has 3 atom stereocenters. The quantitative estimate of drug-likeness (QED) is 0.726. The Morgan fingerprint density at radius 1 is 1.50 bits per heavy atom. The third-order valence-corrected chi connectivity index (χ3v) is 5.96. The predicted molar refractivity (Wildman–Crippen MR) is 76.1 cm³/mol. The molecule has 20 heavy (non-hydrogen) atoms. The Balaban J connectivity index is 2.61. The monoisotopic (exact) mass is 307 g/mol. The van der Waals surface area contributed by atoms with E-state index in [9.17, 15) is 18.3 Å². The number of carbonyl (C=O) groups excluding carboxylic acids is 1. The maximum atomic E-state index is 11.8. The lowest BCUT2D eigenvalue weighted by molar-refractivity contribution is -0.238. The lowest BCUT2D eigenvalue weighted by atomic mass is 9.56. The third kappa shape index (κ3) is 3.15. The second-order valence-electron chi connectivity index (χ2n) is 6.09. The highest BCUT2D eigenvalue weighted by Crippen LogP contribution is 2.50. The van der Waals surface area contributed by atoms with E-state index in [1.807, 2.05) is 20.8 Å². The van der Waals surface area contributed by atoms with Gasteiger partial charge in [0, 0.05) is 31.2 Å². The standard InChI is InChI=1S/C13H25NO5S/c1-6-19-10-7-13(16,12(10,3)4)8-14-11(15)9(2)20(5,17)18/h9-10,16H,6-8H2,1-5H3,(H,14,15)/t9-,10-,13-/m1/s1. The first kappa shape index (κ1) is 17.4. The van der Waals surface area contributed by atoms with Gasteiger partial charge in [0.15, 0.2) is 9.84 Å². The Hall–Kier alpha value is -0.660. The van der Waals surface area contributed by atoms with Crippen LogP contribution in [0.25, 0.3) is 0 Å². The van der Waals surface area contributed by atoms with Gasteiger partial charge in [-0.2, -0.15) is 0 Å². The fraction of sp³-hybridized carbons (Fsp3) is 0.923. The number of carbonyl (C=O) groups is 1. The molecule has 0 radical (unpaired) electrons. The summed E-state index contributed by atoms with van der Waals surface area (Å²) in [6.45, 7) is 7.59. The van der Waals surface area contributed by atoms with Crippen LogP contribution >= 0.6 is 0 Å². The number of nitrogens with one attached hydrogen (secondary N) is 1. The number of sulfone groups is 1. The number of rotatable bonds is 6. The Bertz CT molecular complexity index is 473. The molecule has 0 aromatic rings. The zero-order valence-corrected chi connectivity index (χ0v) is 13.6. The second kappa shape index (κ2) is 5.61. The summed E-state index contributed by atoms with van der Waals surface area (Å²) in [7, 11) is -3.42. The Kier molecular flexibility index (Phi) is 4.88. The van der Waals surface area contributed by atoms with Crippen molar-refractivity contribution in [3.05, 3.63) is 0 Å². The highest BCUT2D eigenvalue weighted by molar-refractivity contribution is 7.92. The second-order valence-corrected chi connectivity index (χ2v) is 8.46. The molecule has 1 saturated carbocycles. The average Bonchev–Trinajstić information content (AvgIpc) is 2.33. The van der Waals surface area contributed by atoms with Crippen LogP contribution in [-0.2, 0) is 19.4 Å². The van der Waals surface area contributed by atoms with Gasteiger partial charge in [0.1, 0.15) is 5.25 Å². The van der Waals surface area contributed by atoms with Crippen molar-refractivity contribution in [3.63, 3.8) is 0 Å². The molecule has 1 rings (SSSR count). The van der Waals surface area contributed by atoms with Crippen LogP contribution in [0.5, 0.6) is 0 Å². The van der Waals surface area contributed by atoms with Gasteiger partial charge in [-0.05, 0) is 13.8 Å². The third-order valence-electron chi connectivity index (χ3n) is 4.46. The van der Waals surface area contributed by atoms with Crippen molar-refractivity contribution in [2.45, 2.75) is 51.1 Å². The molecule has 0 heterocycles. The van der Waals surface area contributed by atoms with Crippen molar-refractivity contribution in [2.24, 2.45) is 5.41 Å². The van der Waals surface area contributed by atoms with Gasteiger partial charge in [-0.25, -0.2) is 8.42 Å². The van der Waals surface area contributed by atoms with Gasteiger partial charge >= 0.3 is 0 Å². The minimum Gasteiger partial charge on any atom is -0.387 e. The molecule has 0 bridgehead atoms. The molecule has 1 aliphatic carbocycles. The van der Waals surface area contributed by atoms with Gasteiger partial charge in [-0.1, -0.05) is 13.8 Å². The largest absolute Gasteiger partial charge is 0.387 e. The molecular weight excluding hydrogens is 282 g/mol. The van der Waals surface area contributed by atoms with Gasteiger partial charge < -0.3 is 15.2 Å². The van der Waals surface area contributed by atoms with E-state index < -0.39 is 32.0 Å². The summed E-state index contributed by atoms with van der Waals surface area (Å²) in [4.78, 5) is 11.8. The number of hydrogen-bond acceptors (Lipinski definition) is 5. The van der Waals surface area contributed by atoms with E-state index in [0.717, 1.165) is 6.26 Å². The molecule has 1 fully saturated rings. The van der Waals surface area contributed by atoms with E-state index in [4.69, 9.17) is 4.74 Å². The molecule has 7 heteroatoms. The van der Waals surface area contributed by atoms with Gasteiger partial charge in [0.05, 0.1) is 11.7 Å². The molecule has 0 saturated heterocycles. The molecule has 0 unspecified atom stereocenters. The minimum atomic E-state index is -3.42. The van der Waals surface area contributed by atoms with Gasteiger partial charge in [0.2, 0.25) is 5.91 Å².